The third-order valence-corrected chi connectivity index (χ3v) is 5.41. The van der Waals surface area contributed by atoms with Crippen molar-refractivity contribution in [2.45, 2.75) is 52.2 Å². The number of rotatable bonds is 4. The minimum absolute atomic E-state index is 0.0582. The van der Waals surface area contributed by atoms with Crippen molar-refractivity contribution in [3.05, 3.63) is 58.3 Å². The molecule has 1 amide bonds. The van der Waals surface area contributed by atoms with Crippen LogP contribution in [0.2, 0.25) is 5.28 Å². The average Bonchev–Trinajstić information content (AvgIpc) is 3.35. The van der Waals surface area contributed by atoms with Gasteiger partial charge in [0.25, 0.3) is 0 Å². The summed E-state index contributed by atoms with van der Waals surface area (Å²) in [4.78, 5) is 26.2. The zero-order valence-electron chi connectivity index (χ0n) is 19.6. The number of nitrogens with zero attached hydrogens (tertiary/aromatic N) is 5. The molecule has 1 N–H and O–H groups in total. The summed E-state index contributed by atoms with van der Waals surface area (Å²) in [6, 6.07) is 7.00. The number of alkyl halides is 3. The van der Waals surface area contributed by atoms with Crippen LogP contribution in [0.15, 0.2) is 30.5 Å². The maximum absolute atomic E-state index is 13.0. The van der Waals surface area contributed by atoms with E-state index in [4.69, 9.17) is 16.3 Å². The number of ether oxygens (including phenoxy) is 1. The number of carbonyl (C=O) groups excluding carboxylic acids is 1. The molecule has 1 aliphatic rings. The van der Waals surface area contributed by atoms with Gasteiger partial charge in [0, 0.05) is 30.9 Å². The summed E-state index contributed by atoms with van der Waals surface area (Å²) in [5, 5.41) is 3.28. The molecular weight excluding hydrogens is 485 g/mol. The summed E-state index contributed by atoms with van der Waals surface area (Å²) >= 11 is 6.10. The van der Waals surface area contributed by atoms with Gasteiger partial charge in [-0.25, -0.2) is 19.7 Å². The Bertz CT molecular complexity index is 1250. The molecule has 3 aromatic rings. The SMILES string of the molecule is Cn1cc(C(F)(F)F)nc1-c1ccc(CNc2nc(Cl)nc3c2CN(C(=O)OC(C)(C)C)C3)cc1. The normalized spacial score (nSPS) is 13.7. The van der Waals surface area contributed by atoms with Gasteiger partial charge in [0.05, 0.1) is 18.8 Å². The van der Waals surface area contributed by atoms with Gasteiger partial charge in [0.2, 0.25) is 5.28 Å². The van der Waals surface area contributed by atoms with Gasteiger partial charge in [0.15, 0.2) is 5.69 Å². The molecule has 0 fully saturated rings. The number of halogens is 4. The first-order chi connectivity index (χ1) is 16.3. The van der Waals surface area contributed by atoms with E-state index in [1.54, 1.807) is 45.0 Å². The van der Waals surface area contributed by atoms with E-state index in [-0.39, 0.29) is 24.2 Å². The molecule has 186 valence electrons. The van der Waals surface area contributed by atoms with Crippen molar-refractivity contribution in [1.82, 2.24) is 24.4 Å². The zero-order chi connectivity index (χ0) is 25.5. The first-order valence-corrected chi connectivity index (χ1v) is 11.1. The monoisotopic (exact) mass is 508 g/mol. The van der Waals surface area contributed by atoms with Crippen molar-refractivity contribution >= 4 is 23.5 Å². The van der Waals surface area contributed by atoms with E-state index in [2.05, 4.69) is 20.3 Å². The quantitative estimate of drug-likeness (QED) is 0.474. The van der Waals surface area contributed by atoms with Crippen LogP contribution in [-0.4, -0.2) is 36.1 Å². The number of fused-ring (bicyclic) bond motifs is 1. The Kier molecular flexibility index (Phi) is 6.39. The van der Waals surface area contributed by atoms with E-state index in [0.717, 1.165) is 17.3 Å². The average molecular weight is 509 g/mol. The molecule has 0 unspecified atom stereocenters. The molecule has 0 saturated heterocycles. The predicted molar refractivity (Wildman–Crippen MR) is 123 cm³/mol. The number of benzene rings is 1. The van der Waals surface area contributed by atoms with Crippen LogP contribution in [0, 0.1) is 0 Å². The second-order valence-electron chi connectivity index (χ2n) is 9.21. The minimum atomic E-state index is -4.50. The van der Waals surface area contributed by atoms with Crippen molar-refractivity contribution in [2.75, 3.05) is 5.32 Å². The predicted octanol–water partition coefficient (Wildman–Crippen LogP) is 5.41. The maximum atomic E-state index is 13.0. The van der Waals surface area contributed by atoms with Gasteiger partial charge >= 0.3 is 12.3 Å². The Morgan fingerprint density at radius 2 is 1.80 bits per heavy atom. The number of aromatic nitrogens is 4. The van der Waals surface area contributed by atoms with Crippen molar-refractivity contribution in [3.8, 4) is 11.4 Å². The molecular formula is C23H24ClF3N6O2. The first-order valence-electron chi connectivity index (χ1n) is 10.8. The van der Waals surface area contributed by atoms with Crippen molar-refractivity contribution in [2.24, 2.45) is 7.05 Å². The number of aryl methyl sites for hydroxylation is 1. The minimum Gasteiger partial charge on any atom is -0.444 e. The van der Waals surface area contributed by atoms with Gasteiger partial charge in [-0.15, -0.1) is 0 Å². The van der Waals surface area contributed by atoms with E-state index in [0.29, 0.717) is 23.6 Å². The summed E-state index contributed by atoms with van der Waals surface area (Å²) in [6.07, 6.45) is -3.99. The third kappa shape index (κ3) is 5.67. The second kappa shape index (κ2) is 9.03. The molecule has 8 nitrogen and oxygen atoms in total. The molecule has 0 bridgehead atoms. The highest BCUT2D eigenvalue weighted by Crippen LogP contribution is 2.31. The number of carbonyl (C=O) groups is 1. The molecule has 3 heterocycles. The number of hydrogen-bond acceptors (Lipinski definition) is 6. The number of imidazole rings is 1. The molecule has 1 aliphatic heterocycles. The van der Waals surface area contributed by atoms with Crippen LogP contribution in [0.4, 0.5) is 23.8 Å². The molecule has 0 spiro atoms. The highest BCUT2D eigenvalue weighted by atomic mass is 35.5. The molecule has 0 atom stereocenters. The maximum Gasteiger partial charge on any atom is 0.434 e. The van der Waals surface area contributed by atoms with E-state index >= 15 is 0 Å². The highest BCUT2D eigenvalue weighted by molar-refractivity contribution is 6.28. The molecule has 4 rings (SSSR count). The van der Waals surface area contributed by atoms with Gasteiger partial charge in [-0.2, -0.15) is 13.2 Å². The smallest absolute Gasteiger partial charge is 0.434 e. The van der Waals surface area contributed by atoms with Gasteiger partial charge in [0.1, 0.15) is 17.2 Å². The second-order valence-corrected chi connectivity index (χ2v) is 9.55. The van der Waals surface area contributed by atoms with Crippen LogP contribution in [0.3, 0.4) is 0 Å². The van der Waals surface area contributed by atoms with Gasteiger partial charge < -0.3 is 14.6 Å². The van der Waals surface area contributed by atoms with E-state index in [1.165, 1.54) is 16.5 Å². The largest absolute Gasteiger partial charge is 0.444 e. The van der Waals surface area contributed by atoms with Crippen LogP contribution in [0.25, 0.3) is 11.4 Å². The lowest BCUT2D eigenvalue weighted by Crippen LogP contribution is -2.33. The van der Waals surface area contributed by atoms with E-state index in [9.17, 15) is 18.0 Å². The molecule has 0 radical (unpaired) electrons. The Balaban J connectivity index is 1.46. The Morgan fingerprint density at radius 1 is 1.11 bits per heavy atom. The fourth-order valence-corrected chi connectivity index (χ4v) is 3.84. The van der Waals surface area contributed by atoms with Crippen molar-refractivity contribution in [3.63, 3.8) is 0 Å². The number of hydrogen-bond donors (Lipinski definition) is 1. The van der Waals surface area contributed by atoms with Gasteiger partial charge in [-0.05, 0) is 37.9 Å². The third-order valence-electron chi connectivity index (χ3n) is 5.25. The molecule has 35 heavy (non-hydrogen) atoms. The van der Waals surface area contributed by atoms with Crippen LogP contribution in [0.5, 0.6) is 0 Å². The van der Waals surface area contributed by atoms with Crippen LogP contribution < -0.4 is 5.32 Å². The van der Waals surface area contributed by atoms with E-state index in [1.807, 2.05) is 0 Å². The Hall–Kier alpha value is -3.34. The standard InChI is InChI=1S/C23H24ClF3N6O2/c1-22(2,3)35-21(34)33-10-15-16(11-33)29-20(24)31-18(15)28-9-13-5-7-14(8-6-13)19-30-17(12-32(19)4)23(25,26)27/h5-8,12H,9-11H2,1-4H3,(H,28,29,31). The number of nitrogens with one attached hydrogen (secondary N) is 1. The number of anilines is 1. The Labute approximate surface area is 205 Å². The summed E-state index contributed by atoms with van der Waals surface area (Å²) in [6.45, 7) is 6.31. The summed E-state index contributed by atoms with van der Waals surface area (Å²) < 4.78 is 45.7. The van der Waals surface area contributed by atoms with Crippen molar-refractivity contribution in [1.29, 1.82) is 0 Å². The molecule has 1 aromatic carbocycles. The lowest BCUT2D eigenvalue weighted by Gasteiger charge is -2.24. The fraction of sp³-hybridized carbons (Fsp3) is 0.391. The van der Waals surface area contributed by atoms with E-state index < -0.39 is 23.6 Å². The molecule has 0 aliphatic carbocycles. The van der Waals surface area contributed by atoms with Crippen LogP contribution >= 0.6 is 11.6 Å². The lowest BCUT2D eigenvalue weighted by molar-refractivity contribution is -0.140. The molecule has 2 aromatic heterocycles. The van der Waals surface area contributed by atoms with Crippen molar-refractivity contribution < 1.29 is 22.7 Å². The first kappa shape index (κ1) is 24.8. The lowest BCUT2D eigenvalue weighted by atomic mass is 10.1. The van der Waals surface area contributed by atoms with Crippen LogP contribution in [0.1, 0.15) is 43.3 Å². The fourth-order valence-electron chi connectivity index (χ4n) is 3.66. The number of amides is 1. The zero-order valence-corrected chi connectivity index (χ0v) is 20.3. The van der Waals surface area contributed by atoms with Gasteiger partial charge in [-0.1, -0.05) is 24.3 Å². The summed E-state index contributed by atoms with van der Waals surface area (Å²) in [5.41, 5.74) is 1.27. The topological polar surface area (TPSA) is 85.2 Å². The van der Waals surface area contributed by atoms with Gasteiger partial charge in [-0.3, -0.25) is 4.90 Å². The Morgan fingerprint density at radius 3 is 2.40 bits per heavy atom. The molecule has 0 saturated carbocycles. The molecule has 12 heteroatoms. The van der Waals surface area contributed by atoms with Crippen LogP contribution in [-0.2, 0) is 37.6 Å². The summed E-state index contributed by atoms with van der Waals surface area (Å²) in [7, 11) is 1.52. The summed E-state index contributed by atoms with van der Waals surface area (Å²) in [5.74, 6) is 0.730. The highest BCUT2D eigenvalue weighted by Gasteiger charge is 2.34.